The minimum absolute atomic E-state index is 0.101. The number of carbonyl (C=O) groups is 1. The van der Waals surface area contributed by atoms with E-state index in [1.165, 1.54) is 51.4 Å². The summed E-state index contributed by atoms with van der Waals surface area (Å²) in [6.07, 6.45) is 10.7. The van der Waals surface area contributed by atoms with Crippen molar-refractivity contribution in [1.82, 2.24) is 5.32 Å². The standard InChI is InChI=1S/C19H25NO/c21-18(17-7-2-1-3-8-17)20-19-11-14-5-4-6-15(12-19)10-16(9-14)13-19/h1-3,7-8,14-16H,4-6,9-13H2,(H,20,21). The summed E-state index contributed by atoms with van der Waals surface area (Å²) < 4.78 is 0. The van der Waals surface area contributed by atoms with E-state index in [1.807, 2.05) is 30.3 Å². The third-order valence-corrected chi connectivity index (χ3v) is 6.01. The molecule has 0 aliphatic heterocycles. The summed E-state index contributed by atoms with van der Waals surface area (Å²) in [4.78, 5) is 12.6. The lowest BCUT2D eigenvalue weighted by Gasteiger charge is -2.53. The number of nitrogens with one attached hydrogen (secondary N) is 1. The molecule has 2 atom stereocenters. The summed E-state index contributed by atoms with van der Waals surface area (Å²) >= 11 is 0. The van der Waals surface area contributed by atoms with E-state index in [9.17, 15) is 4.79 Å². The Morgan fingerprint density at radius 1 is 0.952 bits per heavy atom. The smallest absolute Gasteiger partial charge is 0.251 e. The maximum Gasteiger partial charge on any atom is 0.251 e. The highest BCUT2D eigenvalue weighted by Crippen LogP contribution is 2.51. The highest BCUT2D eigenvalue weighted by molar-refractivity contribution is 5.94. The van der Waals surface area contributed by atoms with Gasteiger partial charge in [0.2, 0.25) is 0 Å². The minimum atomic E-state index is 0.101. The molecule has 4 fully saturated rings. The first kappa shape index (κ1) is 13.4. The number of hydrogen-bond acceptors (Lipinski definition) is 1. The first-order valence-electron chi connectivity index (χ1n) is 8.60. The third-order valence-electron chi connectivity index (χ3n) is 6.01. The van der Waals surface area contributed by atoms with Gasteiger partial charge < -0.3 is 5.32 Å². The summed E-state index contributed by atoms with van der Waals surface area (Å²) in [5, 5.41) is 3.47. The Kier molecular flexibility index (Phi) is 3.28. The highest BCUT2D eigenvalue weighted by atomic mass is 16.1. The Balaban J connectivity index is 1.57. The average molecular weight is 283 g/mol. The van der Waals surface area contributed by atoms with Crippen molar-refractivity contribution in [3.05, 3.63) is 35.9 Å². The number of hydrogen-bond donors (Lipinski definition) is 1. The van der Waals surface area contributed by atoms with Gasteiger partial charge >= 0.3 is 0 Å². The van der Waals surface area contributed by atoms with Crippen LogP contribution < -0.4 is 5.32 Å². The molecule has 0 saturated heterocycles. The fraction of sp³-hybridized carbons (Fsp3) is 0.632. The van der Waals surface area contributed by atoms with Crippen LogP contribution in [-0.2, 0) is 0 Å². The molecule has 2 unspecified atom stereocenters. The van der Waals surface area contributed by atoms with Gasteiger partial charge in [-0.25, -0.2) is 0 Å². The second kappa shape index (κ2) is 5.15. The summed E-state index contributed by atoms with van der Waals surface area (Å²) in [6, 6.07) is 9.72. The van der Waals surface area contributed by atoms with Crippen LogP contribution in [0.5, 0.6) is 0 Å². The molecule has 2 heteroatoms. The zero-order chi connectivity index (χ0) is 14.3. The molecule has 4 bridgehead atoms. The molecule has 2 nitrogen and oxygen atoms in total. The number of rotatable bonds is 2. The van der Waals surface area contributed by atoms with E-state index < -0.39 is 0 Å². The fourth-order valence-electron chi connectivity index (χ4n) is 5.47. The molecule has 4 aliphatic rings. The van der Waals surface area contributed by atoms with Crippen molar-refractivity contribution in [3.8, 4) is 0 Å². The van der Waals surface area contributed by atoms with E-state index in [2.05, 4.69) is 5.32 Å². The van der Waals surface area contributed by atoms with Crippen LogP contribution in [0.4, 0.5) is 0 Å². The molecule has 112 valence electrons. The molecule has 4 saturated carbocycles. The van der Waals surface area contributed by atoms with Crippen LogP contribution in [0.1, 0.15) is 61.7 Å². The maximum atomic E-state index is 12.6. The Bertz CT molecular complexity index is 508. The SMILES string of the molecule is O=C(NC12CC3CCCC(CC(C3)C1)C2)c1ccccc1. The number of carbonyl (C=O) groups excluding carboxylic acids is 1. The van der Waals surface area contributed by atoms with Gasteiger partial charge in [-0.2, -0.15) is 0 Å². The molecule has 1 N–H and O–H groups in total. The first-order valence-corrected chi connectivity index (χ1v) is 8.60. The van der Waals surface area contributed by atoms with Crippen LogP contribution in [0.15, 0.2) is 30.3 Å². The van der Waals surface area contributed by atoms with Gasteiger partial charge in [0.05, 0.1) is 0 Å². The number of amides is 1. The molecular formula is C19H25NO. The molecule has 0 heterocycles. The Morgan fingerprint density at radius 3 is 2.24 bits per heavy atom. The zero-order valence-electron chi connectivity index (χ0n) is 12.7. The lowest BCUT2D eigenvalue weighted by atomic mass is 9.57. The molecule has 1 aromatic rings. The van der Waals surface area contributed by atoms with Crippen LogP contribution in [0.2, 0.25) is 0 Å². The monoisotopic (exact) mass is 283 g/mol. The predicted molar refractivity (Wildman–Crippen MR) is 84.0 cm³/mol. The third kappa shape index (κ3) is 2.61. The first-order chi connectivity index (χ1) is 10.2. The van der Waals surface area contributed by atoms with E-state index in [0.717, 1.165) is 23.3 Å². The van der Waals surface area contributed by atoms with Crippen LogP contribution in [0, 0.1) is 17.8 Å². The molecule has 0 spiro atoms. The lowest BCUT2D eigenvalue weighted by molar-refractivity contribution is 0.0217. The Labute approximate surface area is 127 Å². The van der Waals surface area contributed by atoms with Crippen molar-refractivity contribution < 1.29 is 4.79 Å². The van der Waals surface area contributed by atoms with Crippen LogP contribution in [-0.4, -0.2) is 11.4 Å². The van der Waals surface area contributed by atoms with Gasteiger partial charge in [0.15, 0.2) is 0 Å². The largest absolute Gasteiger partial charge is 0.347 e. The van der Waals surface area contributed by atoms with Crippen molar-refractivity contribution in [3.63, 3.8) is 0 Å². The van der Waals surface area contributed by atoms with Crippen molar-refractivity contribution in [2.75, 3.05) is 0 Å². The number of fused-ring (bicyclic) bond motifs is 2. The predicted octanol–water partition coefficient (Wildman–Crippen LogP) is 4.17. The second-order valence-electron chi connectivity index (χ2n) is 7.71. The van der Waals surface area contributed by atoms with Gasteiger partial charge in [0.25, 0.3) is 5.91 Å². The molecule has 5 rings (SSSR count). The van der Waals surface area contributed by atoms with E-state index >= 15 is 0 Å². The van der Waals surface area contributed by atoms with E-state index in [1.54, 1.807) is 0 Å². The molecule has 1 aromatic carbocycles. The van der Waals surface area contributed by atoms with Crippen molar-refractivity contribution in [1.29, 1.82) is 0 Å². The summed E-state index contributed by atoms with van der Waals surface area (Å²) in [5.41, 5.74) is 0.911. The Hall–Kier alpha value is -1.31. The quantitative estimate of drug-likeness (QED) is 0.867. The normalized spacial score (nSPS) is 37.8. The van der Waals surface area contributed by atoms with Crippen molar-refractivity contribution in [2.45, 2.75) is 56.9 Å². The maximum absolute atomic E-state index is 12.6. The van der Waals surface area contributed by atoms with E-state index in [-0.39, 0.29) is 11.4 Å². The topological polar surface area (TPSA) is 29.1 Å². The van der Waals surface area contributed by atoms with Gasteiger partial charge in [-0.1, -0.05) is 37.5 Å². The molecule has 0 radical (unpaired) electrons. The van der Waals surface area contributed by atoms with Crippen LogP contribution >= 0.6 is 0 Å². The number of benzene rings is 1. The average Bonchev–Trinajstić information content (AvgIpc) is 2.45. The molecule has 0 aromatic heterocycles. The van der Waals surface area contributed by atoms with Gasteiger partial charge in [0.1, 0.15) is 0 Å². The molecule has 1 amide bonds. The lowest BCUT2D eigenvalue weighted by Crippen LogP contribution is -2.57. The fourth-order valence-corrected chi connectivity index (χ4v) is 5.47. The van der Waals surface area contributed by atoms with Crippen molar-refractivity contribution in [2.24, 2.45) is 17.8 Å². The van der Waals surface area contributed by atoms with E-state index in [4.69, 9.17) is 0 Å². The summed E-state index contributed by atoms with van der Waals surface area (Å²) in [6.45, 7) is 0. The van der Waals surface area contributed by atoms with Crippen LogP contribution in [0.3, 0.4) is 0 Å². The Morgan fingerprint density at radius 2 is 1.57 bits per heavy atom. The molecular weight excluding hydrogens is 258 g/mol. The van der Waals surface area contributed by atoms with Gasteiger partial charge in [-0.15, -0.1) is 0 Å². The molecule has 21 heavy (non-hydrogen) atoms. The van der Waals surface area contributed by atoms with E-state index in [0.29, 0.717) is 0 Å². The van der Waals surface area contributed by atoms with Crippen LogP contribution in [0.25, 0.3) is 0 Å². The van der Waals surface area contributed by atoms with Gasteiger partial charge in [-0.05, 0) is 62.0 Å². The zero-order valence-corrected chi connectivity index (χ0v) is 12.7. The second-order valence-corrected chi connectivity index (χ2v) is 7.71. The van der Waals surface area contributed by atoms with Gasteiger partial charge in [-0.3, -0.25) is 4.79 Å². The summed E-state index contributed by atoms with van der Waals surface area (Å²) in [5.74, 6) is 2.69. The van der Waals surface area contributed by atoms with Crippen molar-refractivity contribution >= 4 is 5.91 Å². The highest BCUT2D eigenvalue weighted by Gasteiger charge is 2.47. The molecule has 4 aliphatic carbocycles. The summed E-state index contributed by atoms with van der Waals surface area (Å²) in [7, 11) is 0. The minimum Gasteiger partial charge on any atom is -0.347 e. The van der Waals surface area contributed by atoms with Gasteiger partial charge in [0, 0.05) is 11.1 Å².